The highest BCUT2D eigenvalue weighted by atomic mass is 16.3. The van der Waals surface area contributed by atoms with Crippen LogP contribution in [-0.4, -0.2) is 19.9 Å². The predicted octanol–water partition coefficient (Wildman–Crippen LogP) is 11.8. The summed E-state index contributed by atoms with van der Waals surface area (Å²) in [7, 11) is 0. The second kappa shape index (κ2) is 11.9. The number of para-hydroxylation sites is 1. The monoisotopic (exact) mass is 652 g/mol. The maximum absolute atomic E-state index is 6.78. The van der Waals surface area contributed by atoms with Crippen molar-refractivity contribution < 1.29 is 4.42 Å². The van der Waals surface area contributed by atoms with Gasteiger partial charge in [0.2, 0.25) is 0 Å². The zero-order valence-corrected chi connectivity index (χ0v) is 27.4. The number of hydrogen-bond donors (Lipinski definition) is 0. The summed E-state index contributed by atoms with van der Waals surface area (Å²) in [5.41, 5.74) is 12.3. The number of aromatic nitrogens is 4. The summed E-state index contributed by atoms with van der Waals surface area (Å²) >= 11 is 0. The average Bonchev–Trinajstić information content (AvgIpc) is 3.61. The van der Waals surface area contributed by atoms with Crippen molar-refractivity contribution in [3.8, 4) is 56.3 Å². The molecule has 0 aliphatic rings. The molecule has 5 aromatic carbocycles. The first-order chi connectivity index (χ1) is 25.3. The maximum atomic E-state index is 6.78. The van der Waals surface area contributed by atoms with E-state index in [1.807, 2.05) is 48.5 Å². The van der Waals surface area contributed by atoms with Crippen LogP contribution in [0.25, 0.3) is 99.9 Å². The van der Waals surface area contributed by atoms with Gasteiger partial charge in [0.05, 0.1) is 34.0 Å². The minimum Gasteiger partial charge on any atom is -0.455 e. The number of hydrogen-bond acceptors (Lipinski definition) is 5. The van der Waals surface area contributed by atoms with Crippen LogP contribution in [0.4, 0.5) is 0 Å². The van der Waals surface area contributed by atoms with Gasteiger partial charge in [0.25, 0.3) is 0 Å². The second-order valence-electron chi connectivity index (χ2n) is 12.6. The number of rotatable bonds is 5. The van der Waals surface area contributed by atoms with Gasteiger partial charge in [-0.15, -0.1) is 0 Å². The lowest BCUT2D eigenvalue weighted by atomic mass is 9.94. The van der Waals surface area contributed by atoms with Gasteiger partial charge < -0.3 is 4.42 Å². The Morgan fingerprint density at radius 3 is 1.78 bits per heavy atom. The Balaban J connectivity index is 1.13. The van der Waals surface area contributed by atoms with Gasteiger partial charge in [0.15, 0.2) is 0 Å². The van der Waals surface area contributed by atoms with Crippen LogP contribution in [0.3, 0.4) is 0 Å². The summed E-state index contributed by atoms with van der Waals surface area (Å²) in [6.07, 6.45) is 3.59. The van der Waals surface area contributed by atoms with E-state index in [4.69, 9.17) is 14.4 Å². The molecular weight excluding hydrogens is 625 g/mol. The van der Waals surface area contributed by atoms with Crippen LogP contribution in [0, 0.1) is 0 Å². The lowest BCUT2D eigenvalue weighted by Crippen LogP contribution is -1.94. The van der Waals surface area contributed by atoms with Crippen LogP contribution in [0.1, 0.15) is 0 Å². The van der Waals surface area contributed by atoms with Crippen molar-refractivity contribution in [2.45, 2.75) is 0 Å². The smallest absolute Gasteiger partial charge is 0.144 e. The largest absolute Gasteiger partial charge is 0.455 e. The van der Waals surface area contributed by atoms with Crippen LogP contribution in [0.15, 0.2) is 175 Å². The molecular formula is C46H28N4O. The maximum Gasteiger partial charge on any atom is 0.144 e. The summed E-state index contributed by atoms with van der Waals surface area (Å²) in [6, 6.07) is 54.1. The highest BCUT2D eigenvalue weighted by molar-refractivity contribution is 6.26. The third kappa shape index (κ3) is 4.94. The molecule has 0 bridgehead atoms. The molecule has 5 nitrogen and oxygen atoms in total. The Morgan fingerprint density at radius 1 is 0.392 bits per heavy atom. The molecule has 10 rings (SSSR count). The number of furan rings is 1. The number of pyridine rings is 4. The fourth-order valence-corrected chi connectivity index (χ4v) is 7.20. The van der Waals surface area contributed by atoms with E-state index in [-0.39, 0.29) is 0 Å². The van der Waals surface area contributed by atoms with Gasteiger partial charge in [-0.05, 0) is 76.9 Å². The molecule has 51 heavy (non-hydrogen) atoms. The number of benzene rings is 5. The van der Waals surface area contributed by atoms with Crippen LogP contribution in [-0.2, 0) is 0 Å². The summed E-state index contributed by atoms with van der Waals surface area (Å²) in [6.45, 7) is 0. The molecule has 0 saturated heterocycles. The Bertz CT molecular complexity index is 2830. The molecule has 5 heterocycles. The van der Waals surface area contributed by atoms with Crippen molar-refractivity contribution in [3.05, 3.63) is 170 Å². The van der Waals surface area contributed by atoms with Gasteiger partial charge in [0, 0.05) is 44.9 Å². The molecule has 5 aromatic heterocycles. The summed E-state index contributed by atoms with van der Waals surface area (Å²) in [4.78, 5) is 19.2. The molecule has 0 atom stereocenters. The zero-order valence-electron chi connectivity index (χ0n) is 27.4. The van der Waals surface area contributed by atoms with Crippen molar-refractivity contribution in [2.75, 3.05) is 0 Å². The van der Waals surface area contributed by atoms with Gasteiger partial charge in [-0.25, -0.2) is 9.97 Å². The molecule has 0 saturated carbocycles. The van der Waals surface area contributed by atoms with Crippen LogP contribution >= 0.6 is 0 Å². The molecule has 0 spiro atoms. The van der Waals surface area contributed by atoms with E-state index < -0.39 is 0 Å². The fraction of sp³-hybridized carbons (Fsp3) is 0. The first-order valence-corrected chi connectivity index (χ1v) is 17.0. The quantitative estimate of drug-likeness (QED) is 0.173. The highest BCUT2D eigenvalue weighted by Crippen LogP contribution is 2.43. The third-order valence-electron chi connectivity index (χ3n) is 9.58. The average molecular weight is 653 g/mol. The van der Waals surface area contributed by atoms with E-state index in [2.05, 4.69) is 119 Å². The Kier molecular flexibility index (Phi) is 6.74. The van der Waals surface area contributed by atoms with Crippen molar-refractivity contribution in [1.82, 2.24) is 19.9 Å². The van der Waals surface area contributed by atoms with Crippen LogP contribution < -0.4 is 0 Å². The molecule has 10 aromatic rings. The molecule has 0 unspecified atom stereocenters. The first kappa shape index (κ1) is 29.0. The molecule has 0 aliphatic carbocycles. The van der Waals surface area contributed by atoms with E-state index >= 15 is 0 Å². The van der Waals surface area contributed by atoms with E-state index in [9.17, 15) is 0 Å². The van der Waals surface area contributed by atoms with E-state index in [1.165, 1.54) is 0 Å². The lowest BCUT2D eigenvalue weighted by molar-refractivity contribution is 0.673. The van der Waals surface area contributed by atoms with Gasteiger partial charge in [-0.3, -0.25) is 9.97 Å². The molecule has 0 fully saturated rings. The minimum absolute atomic E-state index is 0.804. The van der Waals surface area contributed by atoms with Gasteiger partial charge in [-0.2, -0.15) is 0 Å². The normalized spacial score (nSPS) is 11.5. The van der Waals surface area contributed by atoms with Crippen molar-refractivity contribution >= 4 is 43.6 Å². The lowest BCUT2D eigenvalue weighted by Gasteiger charge is -2.11. The number of nitrogens with zero attached hydrogens (tertiary/aromatic N) is 4. The zero-order chi connectivity index (χ0) is 33.7. The molecule has 0 aliphatic heterocycles. The fourth-order valence-electron chi connectivity index (χ4n) is 7.20. The third-order valence-corrected chi connectivity index (χ3v) is 9.58. The van der Waals surface area contributed by atoms with Crippen molar-refractivity contribution in [2.24, 2.45) is 0 Å². The number of fused-ring (bicyclic) bond motifs is 7. The molecule has 238 valence electrons. The topological polar surface area (TPSA) is 64.7 Å². The predicted molar refractivity (Wildman–Crippen MR) is 207 cm³/mol. The molecule has 5 heteroatoms. The minimum atomic E-state index is 0.804. The Labute approximate surface area is 293 Å². The highest BCUT2D eigenvalue weighted by Gasteiger charge is 2.19. The summed E-state index contributed by atoms with van der Waals surface area (Å²) in [5.74, 6) is 0. The van der Waals surface area contributed by atoms with E-state index in [0.29, 0.717) is 0 Å². The van der Waals surface area contributed by atoms with Gasteiger partial charge in [-0.1, -0.05) is 103 Å². The molecule has 0 N–H and O–H groups in total. The first-order valence-electron chi connectivity index (χ1n) is 17.0. The van der Waals surface area contributed by atoms with Gasteiger partial charge >= 0.3 is 0 Å². The Morgan fingerprint density at radius 2 is 1.06 bits per heavy atom. The SMILES string of the molecule is c1ccc(-c2nc3ccccc3c3c2ccc2c3oc3cccc(-c4ccc(-c5cc(-c6ccccn6)nc(-c6ccccn6)c5)cc4)c32)cc1. The second-order valence-corrected chi connectivity index (χ2v) is 12.6. The summed E-state index contributed by atoms with van der Waals surface area (Å²) < 4.78 is 6.78. The van der Waals surface area contributed by atoms with E-state index in [0.717, 1.165) is 99.9 Å². The Hall–Kier alpha value is -6.98. The molecule has 0 radical (unpaired) electrons. The standard InChI is InChI=1S/C46H28N4O/c1-2-11-31(12-3-1)45-35-23-24-36-43-33(14-10-18-42(43)51-46(36)44(35)34-13-4-5-15-37(34)50-45)30-21-19-29(20-22-30)32-27-40(38-16-6-8-25-47-38)49-41(28-32)39-17-7-9-26-48-39/h1-28H. The van der Waals surface area contributed by atoms with Crippen LogP contribution in [0.2, 0.25) is 0 Å². The van der Waals surface area contributed by atoms with Crippen LogP contribution in [0.5, 0.6) is 0 Å². The van der Waals surface area contributed by atoms with Crippen molar-refractivity contribution in [1.29, 1.82) is 0 Å². The summed E-state index contributed by atoms with van der Waals surface area (Å²) in [5, 5.41) is 5.42. The van der Waals surface area contributed by atoms with Gasteiger partial charge in [0.1, 0.15) is 11.2 Å². The molecule has 0 amide bonds. The van der Waals surface area contributed by atoms with Crippen molar-refractivity contribution in [3.63, 3.8) is 0 Å². The van der Waals surface area contributed by atoms with E-state index in [1.54, 1.807) is 12.4 Å².